The van der Waals surface area contributed by atoms with Crippen molar-refractivity contribution < 1.29 is 18.0 Å². The van der Waals surface area contributed by atoms with E-state index in [9.17, 15) is 18.0 Å². The van der Waals surface area contributed by atoms with Crippen LogP contribution in [0.2, 0.25) is 0 Å². The summed E-state index contributed by atoms with van der Waals surface area (Å²) in [6.07, 6.45) is 1.84. The van der Waals surface area contributed by atoms with Crippen LogP contribution in [0.15, 0.2) is 48.7 Å². The number of amides is 2. The fourth-order valence-corrected chi connectivity index (χ4v) is 4.85. The summed E-state index contributed by atoms with van der Waals surface area (Å²) >= 11 is 0. The van der Waals surface area contributed by atoms with Gasteiger partial charge in [-0.15, -0.1) is 0 Å². The lowest BCUT2D eigenvalue weighted by Gasteiger charge is -2.23. The minimum atomic E-state index is -3.09. The molecule has 1 aromatic carbocycles. The van der Waals surface area contributed by atoms with E-state index >= 15 is 0 Å². The number of benzene rings is 1. The minimum Gasteiger partial charge on any atom is -0.338 e. The molecule has 7 nitrogen and oxygen atoms in total. The Labute approximate surface area is 158 Å². The van der Waals surface area contributed by atoms with Gasteiger partial charge in [-0.1, -0.05) is 18.2 Å². The Morgan fingerprint density at radius 1 is 1.07 bits per heavy atom. The highest BCUT2D eigenvalue weighted by Crippen LogP contribution is 2.19. The molecule has 1 aliphatic rings. The fourth-order valence-electron chi connectivity index (χ4n) is 3.07. The van der Waals surface area contributed by atoms with Crippen molar-refractivity contribution in [2.75, 3.05) is 30.5 Å². The van der Waals surface area contributed by atoms with Gasteiger partial charge in [0.1, 0.15) is 5.69 Å². The molecule has 2 aromatic rings. The van der Waals surface area contributed by atoms with E-state index in [1.54, 1.807) is 26.2 Å². The standard InChI is InChI=1S/C19H21N3O4S/c1-21(15-6-4-3-5-7-15)19(24)17-12-14(8-10-20-17)18(23)22(2)16-9-11-27(25,26)13-16/h3-8,10,12,16H,9,11,13H2,1-2H3. The molecule has 1 aliphatic heterocycles. The van der Waals surface area contributed by atoms with E-state index in [-0.39, 0.29) is 35.1 Å². The number of carbonyl (C=O) groups is 2. The van der Waals surface area contributed by atoms with Gasteiger partial charge in [-0.05, 0) is 30.7 Å². The Balaban J connectivity index is 1.79. The summed E-state index contributed by atoms with van der Waals surface area (Å²) in [6.45, 7) is 0. The summed E-state index contributed by atoms with van der Waals surface area (Å²) in [7, 11) is 0.145. The number of sulfone groups is 1. The van der Waals surface area contributed by atoms with Crippen molar-refractivity contribution in [3.05, 3.63) is 59.9 Å². The van der Waals surface area contributed by atoms with Gasteiger partial charge in [0, 0.05) is 37.6 Å². The predicted molar refractivity (Wildman–Crippen MR) is 103 cm³/mol. The van der Waals surface area contributed by atoms with E-state index in [1.807, 2.05) is 18.2 Å². The number of rotatable bonds is 4. The topological polar surface area (TPSA) is 87.7 Å². The Morgan fingerprint density at radius 3 is 2.41 bits per heavy atom. The molecule has 1 fully saturated rings. The van der Waals surface area contributed by atoms with E-state index < -0.39 is 9.84 Å². The second-order valence-corrected chi connectivity index (χ2v) is 8.83. The van der Waals surface area contributed by atoms with Crippen LogP contribution < -0.4 is 4.90 Å². The van der Waals surface area contributed by atoms with Crippen LogP contribution >= 0.6 is 0 Å². The summed E-state index contributed by atoms with van der Waals surface area (Å²) in [5, 5.41) is 0. The first-order chi connectivity index (χ1) is 12.8. The second-order valence-electron chi connectivity index (χ2n) is 6.60. The van der Waals surface area contributed by atoms with Gasteiger partial charge < -0.3 is 9.80 Å². The molecule has 0 radical (unpaired) electrons. The zero-order valence-electron chi connectivity index (χ0n) is 15.2. The summed E-state index contributed by atoms with van der Waals surface area (Å²) in [5.74, 6) is -0.585. The van der Waals surface area contributed by atoms with Crippen molar-refractivity contribution in [2.24, 2.45) is 0 Å². The van der Waals surface area contributed by atoms with Gasteiger partial charge in [-0.2, -0.15) is 0 Å². The van der Waals surface area contributed by atoms with E-state index in [0.717, 1.165) is 0 Å². The van der Waals surface area contributed by atoms with E-state index in [1.165, 1.54) is 28.1 Å². The molecule has 0 spiro atoms. The van der Waals surface area contributed by atoms with Crippen molar-refractivity contribution in [1.82, 2.24) is 9.88 Å². The quantitative estimate of drug-likeness (QED) is 0.795. The number of hydrogen-bond acceptors (Lipinski definition) is 5. The first-order valence-electron chi connectivity index (χ1n) is 8.55. The normalized spacial score (nSPS) is 18.1. The summed E-state index contributed by atoms with van der Waals surface area (Å²) < 4.78 is 23.3. The van der Waals surface area contributed by atoms with Gasteiger partial charge in [0.05, 0.1) is 11.5 Å². The maximum Gasteiger partial charge on any atom is 0.276 e. The highest BCUT2D eigenvalue weighted by Gasteiger charge is 2.33. The van der Waals surface area contributed by atoms with Crippen molar-refractivity contribution in [3.8, 4) is 0 Å². The van der Waals surface area contributed by atoms with Crippen molar-refractivity contribution in [2.45, 2.75) is 12.5 Å². The Hall–Kier alpha value is -2.74. The zero-order valence-corrected chi connectivity index (χ0v) is 16.0. The largest absolute Gasteiger partial charge is 0.338 e. The van der Waals surface area contributed by atoms with Gasteiger partial charge in [0.15, 0.2) is 9.84 Å². The van der Waals surface area contributed by atoms with E-state index in [0.29, 0.717) is 17.7 Å². The molecular weight excluding hydrogens is 366 g/mol. The number of pyridine rings is 1. The van der Waals surface area contributed by atoms with Crippen LogP contribution in [0.1, 0.15) is 27.3 Å². The third-order valence-electron chi connectivity index (χ3n) is 4.75. The molecule has 142 valence electrons. The Bertz CT molecular complexity index is 960. The lowest BCUT2D eigenvalue weighted by molar-refractivity contribution is 0.0747. The maximum absolute atomic E-state index is 12.7. The SMILES string of the molecule is CN(C(=O)c1cc(C(=O)N(C)C2CCS(=O)(=O)C2)ccn1)c1ccccc1. The van der Waals surface area contributed by atoms with E-state index in [4.69, 9.17) is 0 Å². The molecular formula is C19H21N3O4S. The molecule has 2 heterocycles. The van der Waals surface area contributed by atoms with Gasteiger partial charge in [0.25, 0.3) is 11.8 Å². The summed E-state index contributed by atoms with van der Waals surface area (Å²) in [6, 6.07) is 11.8. The lowest BCUT2D eigenvalue weighted by atomic mass is 10.1. The number of aromatic nitrogens is 1. The minimum absolute atomic E-state index is 0.0249. The van der Waals surface area contributed by atoms with Crippen LogP contribution in [-0.4, -0.2) is 61.8 Å². The van der Waals surface area contributed by atoms with Crippen molar-refractivity contribution >= 4 is 27.3 Å². The average Bonchev–Trinajstić information content (AvgIpc) is 3.06. The molecule has 3 rings (SSSR count). The second kappa shape index (κ2) is 7.48. The first kappa shape index (κ1) is 19.0. The van der Waals surface area contributed by atoms with Crippen molar-refractivity contribution in [3.63, 3.8) is 0 Å². The van der Waals surface area contributed by atoms with Crippen LogP contribution in [0.5, 0.6) is 0 Å². The van der Waals surface area contributed by atoms with Gasteiger partial charge in [-0.25, -0.2) is 8.42 Å². The summed E-state index contributed by atoms with van der Waals surface area (Å²) in [5.41, 5.74) is 1.18. The molecule has 27 heavy (non-hydrogen) atoms. The van der Waals surface area contributed by atoms with Gasteiger partial charge >= 0.3 is 0 Å². The van der Waals surface area contributed by atoms with Crippen LogP contribution in [0.4, 0.5) is 5.69 Å². The zero-order chi connectivity index (χ0) is 19.6. The van der Waals surface area contributed by atoms with E-state index in [2.05, 4.69) is 4.98 Å². The fraction of sp³-hybridized carbons (Fsp3) is 0.316. The third kappa shape index (κ3) is 4.16. The van der Waals surface area contributed by atoms with Crippen LogP contribution in [0.25, 0.3) is 0 Å². The Kier molecular flexibility index (Phi) is 5.27. The predicted octanol–water partition coefficient (Wildman–Crippen LogP) is 1.62. The first-order valence-corrected chi connectivity index (χ1v) is 10.4. The van der Waals surface area contributed by atoms with Gasteiger partial charge in [0.2, 0.25) is 0 Å². The molecule has 0 bridgehead atoms. The molecule has 0 aliphatic carbocycles. The molecule has 1 aromatic heterocycles. The van der Waals surface area contributed by atoms with Gasteiger partial charge in [-0.3, -0.25) is 14.6 Å². The third-order valence-corrected chi connectivity index (χ3v) is 6.50. The molecule has 0 saturated carbocycles. The highest BCUT2D eigenvalue weighted by atomic mass is 32.2. The number of carbonyl (C=O) groups excluding carboxylic acids is 2. The lowest BCUT2D eigenvalue weighted by Crippen LogP contribution is -2.38. The van der Waals surface area contributed by atoms with Crippen LogP contribution in [-0.2, 0) is 9.84 Å². The molecule has 2 amide bonds. The molecule has 0 N–H and O–H groups in total. The highest BCUT2D eigenvalue weighted by molar-refractivity contribution is 7.91. The molecule has 1 saturated heterocycles. The average molecular weight is 387 g/mol. The monoisotopic (exact) mass is 387 g/mol. The smallest absolute Gasteiger partial charge is 0.276 e. The van der Waals surface area contributed by atoms with Crippen LogP contribution in [0, 0.1) is 0 Å². The number of hydrogen-bond donors (Lipinski definition) is 0. The number of anilines is 1. The molecule has 1 atom stereocenters. The molecule has 1 unspecified atom stereocenters. The van der Waals surface area contributed by atoms with Crippen LogP contribution in [0.3, 0.4) is 0 Å². The Morgan fingerprint density at radius 2 is 1.78 bits per heavy atom. The maximum atomic E-state index is 12.7. The molecule has 8 heteroatoms. The number of nitrogens with zero attached hydrogens (tertiary/aromatic N) is 3. The number of para-hydroxylation sites is 1. The summed E-state index contributed by atoms with van der Waals surface area (Å²) in [4.78, 5) is 32.4. The van der Waals surface area contributed by atoms with Crippen molar-refractivity contribution in [1.29, 1.82) is 0 Å².